The predicted octanol–water partition coefficient (Wildman–Crippen LogP) is 4.12. The van der Waals surface area contributed by atoms with Gasteiger partial charge in [-0.1, -0.05) is 13.8 Å². The number of aryl methyl sites for hydroxylation is 2. The molecule has 1 atom stereocenters. The topological polar surface area (TPSA) is 29.9 Å². The first kappa shape index (κ1) is 14.8. The van der Waals surface area contributed by atoms with E-state index in [2.05, 4.69) is 62.6 Å². The van der Waals surface area contributed by atoms with Crippen LogP contribution in [0.2, 0.25) is 0 Å². The van der Waals surface area contributed by atoms with E-state index in [1.165, 1.54) is 16.8 Å². The second-order valence-electron chi connectivity index (χ2n) is 4.60. The molecule has 0 aliphatic rings. The van der Waals surface area contributed by atoms with Crippen molar-refractivity contribution in [3.05, 3.63) is 38.3 Å². The van der Waals surface area contributed by atoms with Crippen molar-refractivity contribution in [2.75, 3.05) is 6.54 Å². The average Bonchev–Trinajstić information content (AvgIpc) is 2.95. The normalized spacial score (nSPS) is 12.8. The minimum Gasteiger partial charge on any atom is -0.305 e. The largest absolute Gasteiger partial charge is 0.305 e. The van der Waals surface area contributed by atoms with Crippen LogP contribution in [-0.2, 0) is 6.54 Å². The molecule has 2 aromatic rings. The fraction of sp³-hybridized carbons (Fsp3) is 0.500. The Labute approximate surface area is 127 Å². The maximum atomic E-state index is 4.48. The Morgan fingerprint density at radius 2 is 2.21 bits per heavy atom. The monoisotopic (exact) mass is 341 g/mol. The van der Waals surface area contributed by atoms with Crippen LogP contribution < -0.4 is 5.32 Å². The third kappa shape index (κ3) is 3.09. The summed E-state index contributed by atoms with van der Waals surface area (Å²) in [6.07, 6.45) is 2.99. The fourth-order valence-electron chi connectivity index (χ4n) is 2.27. The predicted molar refractivity (Wildman–Crippen MR) is 84.8 cm³/mol. The molecule has 1 N–H and O–H groups in total. The molecule has 2 aromatic heterocycles. The lowest BCUT2D eigenvalue weighted by atomic mass is 10.0. The molecule has 0 aromatic carbocycles. The van der Waals surface area contributed by atoms with E-state index < -0.39 is 0 Å². The van der Waals surface area contributed by atoms with Crippen LogP contribution in [0.15, 0.2) is 21.4 Å². The Kier molecular flexibility index (Phi) is 5.19. The number of halogens is 1. The van der Waals surface area contributed by atoms with E-state index in [1.54, 1.807) is 11.3 Å². The highest BCUT2D eigenvalue weighted by Gasteiger charge is 2.22. The second-order valence-corrected chi connectivity index (χ2v) is 6.20. The first-order valence-corrected chi connectivity index (χ1v) is 8.39. The molecule has 0 amide bonds. The van der Waals surface area contributed by atoms with Gasteiger partial charge >= 0.3 is 0 Å². The molecule has 0 aliphatic carbocycles. The SMILES string of the molecule is CCCn1ncc(Br)c1C(NCC)c1cscc1C. The van der Waals surface area contributed by atoms with Gasteiger partial charge in [-0.05, 0) is 57.7 Å². The Hall–Kier alpha value is -0.650. The van der Waals surface area contributed by atoms with Gasteiger partial charge < -0.3 is 5.32 Å². The smallest absolute Gasteiger partial charge is 0.0770 e. The molecule has 1 unspecified atom stereocenters. The number of thiophene rings is 1. The van der Waals surface area contributed by atoms with Gasteiger partial charge in [0.05, 0.1) is 22.4 Å². The van der Waals surface area contributed by atoms with Gasteiger partial charge in [-0.3, -0.25) is 4.68 Å². The van der Waals surface area contributed by atoms with E-state index in [0.717, 1.165) is 24.0 Å². The highest BCUT2D eigenvalue weighted by atomic mass is 79.9. The number of rotatable bonds is 6. The zero-order valence-corrected chi connectivity index (χ0v) is 14.0. The lowest BCUT2D eigenvalue weighted by Crippen LogP contribution is -2.25. The molecule has 0 saturated heterocycles. The van der Waals surface area contributed by atoms with Gasteiger partial charge in [0.1, 0.15) is 0 Å². The second kappa shape index (κ2) is 6.68. The van der Waals surface area contributed by atoms with Crippen molar-refractivity contribution in [3.8, 4) is 0 Å². The molecule has 0 radical (unpaired) electrons. The zero-order chi connectivity index (χ0) is 13.8. The molecular weight excluding hydrogens is 322 g/mol. The van der Waals surface area contributed by atoms with Crippen LogP contribution in [0, 0.1) is 6.92 Å². The van der Waals surface area contributed by atoms with Crippen molar-refractivity contribution >= 4 is 27.3 Å². The molecule has 5 heteroatoms. The van der Waals surface area contributed by atoms with Crippen LogP contribution in [-0.4, -0.2) is 16.3 Å². The van der Waals surface area contributed by atoms with Gasteiger partial charge in [0.15, 0.2) is 0 Å². The molecular formula is C14H20BrN3S. The summed E-state index contributed by atoms with van der Waals surface area (Å²) in [5.74, 6) is 0. The molecule has 2 heterocycles. The van der Waals surface area contributed by atoms with Gasteiger partial charge in [-0.15, -0.1) is 0 Å². The third-order valence-corrected chi connectivity index (χ3v) is 4.65. The van der Waals surface area contributed by atoms with Crippen LogP contribution in [0.1, 0.15) is 43.1 Å². The summed E-state index contributed by atoms with van der Waals surface area (Å²) in [4.78, 5) is 0. The van der Waals surface area contributed by atoms with Crippen LogP contribution in [0.25, 0.3) is 0 Å². The van der Waals surface area contributed by atoms with E-state index in [4.69, 9.17) is 0 Å². The molecule has 0 aliphatic heterocycles. The number of nitrogens with zero attached hydrogens (tertiary/aromatic N) is 2. The molecule has 2 rings (SSSR count). The highest BCUT2D eigenvalue weighted by Crippen LogP contribution is 2.32. The van der Waals surface area contributed by atoms with E-state index in [9.17, 15) is 0 Å². The summed E-state index contributed by atoms with van der Waals surface area (Å²) < 4.78 is 3.19. The van der Waals surface area contributed by atoms with Gasteiger partial charge in [-0.25, -0.2) is 0 Å². The maximum Gasteiger partial charge on any atom is 0.0770 e. The van der Waals surface area contributed by atoms with Crippen molar-refractivity contribution in [2.45, 2.75) is 39.8 Å². The summed E-state index contributed by atoms with van der Waals surface area (Å²) in [5, 5.41) is 12.5. The fourth-order valence-corrected chi connectivity index (χ4v) is 3.68. The Balaban J connectivity index is 2.44. The van der Waals surface area contributed by atoms with Crippen molar-refractivity contribution in [3.63, 3.8) is 0 Å². The molecule has 0 fully saturated rings. The maximum absolute atomic E-state index is 4.48. The van der Waals surface area contributed by atoms with Crippen LogP contribution >= 0.6 is 27.3 Å². The van der Waals surface area contributed by atoms with E-state index in [0.29, 0.717) is 0 Å². The number of hydrogen-bond acceptors (Lipinski definition) is 3. The molecule has 3 nitrogen and oxygen atoms in total. The van der Waals surface area contributed by atoms with Crippen molar-refractivity contribution < 1.29 is 0 Å². The summed E-state index contributed by atoms with van der Waals surface area (Å²) in [6.45, 7) is 8.38. The van der Waals surface area contributed by atoms with Gasteiger partial charge in [0.25, 0.3) is 0 Å². The Morgan fingerprint density at radius 1 is 1.42 bits per heavy atom. The van der Waals surface area contributed by atoms with Gasteiger partial charge in [0.2, 0.25) is 0 Å². The summed E-state index contributed by atoms with van der Waals surface area (Å²) in [7, 11) is 0. The Bertz CT molecular complexity index is 533. The zero-order valence-electron chi connectivity index (χ0n) is 11.6. The quantitative estimate of drug-likeness (QED) is 0.856. The number of nitrogens with one attached hydrogen (secondary N) is 1. The van der Waals surface area contributed by atoms with Crippen molar-refractivity contribution in [2.24, 2.45) is 0 Å². The minimum atomic E-state index is 0.208. The molecule has 0 spiro atoms. The first-order valence-electron chi connectivity index (χ1n) is 6.66. The minimum absolute atomic E-state index is 0.208. The van der Waals surface area contributed by atoms with E-state index in [-0.39, 0.29) is 6.04 Å². The van der Waals surface area contributed by atoms with Crippen LogP contribution in [0.4, 0.5) is 0 Å². The van der Waals surface area contributed by atoms with Gasteiger partial charge in [0, 0.05) is 6.54 Å². The lowest BCUT2D eigenvalue weighted by molar-refractivity contribution is 0.519. The number of aromatic nitrogens is 2. The van der Waals surface area contributed by atoms with Crippen LogP contribution in [0.5, 0.6) is 0 Å². The van der Waals surface area contributed by atoms with Crippen LogP contribution in [0.3, 0.4) is 0 Å². The summed E-state index contributed by atoms with van der Waals surface area (Å²) >= 11 is 5.41. The highest BCUT2D eigenvalue weighted by molar-refractivity contribution is 9.10. The van der Waals surface area contributed by atoms with Crippen molar-refractivity contribution in [1.82, 2.24) is 15.1 Å². The van der Waals surface area contributed by atoms with Gasteiger partial charge in [-0.2, -0.15) is 16.4 Å². The molecule has 0 saturated carbocycles. The summed E-state index contributed by atoms with van der Waals surface area (Å²) in [5.41, 5.74) is 3.92. The lowest BCUT2D eigenvalue weighted by Gasteiger charge is -2.20. The third-order valence-electron chi connectivity index (χ3n) is 3.16. The Morgan fingerprint density at radius 3 is 2.79 bits per heavy atom. The molecule has 19 heavy (non-hydrogen) atoms. The number of hydrogen-bond donors (Lipinski definition) is 1. The molecule has 0 bridgehead atoms. The standard InChI is InChI=1S/C14H20BrN3S/c1-4-6-18-14(12(15)7-17-18)13(16-5-2)11-9-19-8-10(11)3/h7-9,13,16H,4-6H2,1-3H3. The first-order chi connectivity index (χ1) is 9.19. The van der Waals surface area contributed by atoms with E-state index in [1.807, 2.05) is 6.20 Å². The molecule has 104 valence electrons. The average molecular weight is 342 g/mol. The summed E-state index contributed by atoms with van der Waals surface area (Å²) in [6, 6.07) is 0.208. The van der Waals surface area contributed by atoms with E-state index >= 15 is 0 Å². The van der Waals surface area contributed by atoms with Crippen molar-refractivity contribution in [1.29, 1.82) is 0 Å².